The Morgan fingerprint density at radius 2 is 2.20 bits per heavy atom. The topological polar surface area (TPSA) is 29.9 Å². The third-order valence-corrected chi connectivity index (χ3v) is 3.75. The van der Waals surface area contributed by atoms with E-state index in [1.165, 1.54) is 49.3 Å². The Labute approximate surface area is 90.9 Å². The van der Waals surface area contributed by atoms with Crippen LogP contribution in [0.1, 0.15) is 42.5 Å². The second-order valence-corrected chi connectivity index (χ2v) is 4.78. The molecule has 1 unspecified atom stereocenters. The molecule has 1 aliphatic heterocycles. The molecule has 0 spiro atoms. The zero-order chi connectivity index (χ0) is 10.3. The lowest BCUT2D eigenvalue weighted by molar-refractivity contribution is 0.501. The zero-order valence-electron chi connectivity index (χ0n) is 9.42. The monoisotopic (exact) mass is 205 g/mol. The molecule has 1 N–H and O–H groups in total. The van der Waals surface area contributed by atoms with Crippen LogP contribution in [0.5, 0.6) is 0 Å². The van der Waals surface area contributed by atoms with Crippen molar-refractivity contribution in [1.82, 2.24) is 14.9 Å². The van der Waals surface area contributed by atoms with Crippen LogP contribution in [0, 0.1) is 6.92 Å². The molecule has 82 valence electrons. The predicted molar refractivity (Wildman–Crippen MR) is 60.1 cm³/mol. The van der Waals surface area contributed by atoms with Crippen LogP contribution in [0.15, 0.2) is 0 Å². The second kappa shape index (κ2) is 3.63. The van der Waals surface area contributed by atoms with E-state index < -0.39 is 0 Å². The Hall–Kier alpha value is -0.830. The standard InChI is InChI=1S/C12H19N3/c1-9-14-11-4-2-3-5-12(11)15(9)10-6-7-13-8-10/h10,13H,2-8H2,1H3. The highest BCUT2D eigenvalue weighted by Crippen LogP contribution is 2.27. The van der Waals surface area contributed by atoms with Gasteiger partial charge in [0, 0.05) is 18.3 Å². The van der Waals surface area contributed by atoms with Gasteiger partial charge in [0.2, 0.25) is 0 Å². The molecule has 0 bridgehead atoms. The van der Waals surface area contributed by atoms with Gasteiger partial charge in [-0.25, -0.2) is 4.98 Å². The van der Waals surface area contributed by atoms with E-state index in [2.05, 4.69) is 16.8 Å². The molecule has 0 amide bonds. The Balaban J connectivity index is 2.01. The maximum Gasteiger partial charge on any atom is 0.106 e. The number of fused-ring (bicyclic) bond motifs is 1. The van der Waals surface area contributed by atoms with Crippen molar-refractivity contribution in [3.05, 3.63) is 17.2 Å². The normalized spacial score (nSPS) is 25.5. The number of hydrogen-bond donors (Lipinski definition) is 1. The summed E-state index contributed by atoms with van der Waals surface area (Å²) in [6, 6.07) is 0.666. The van der Waals surface area contributed by atoms with Crippen molar-refractivity contribution >= 4 is 0 Å². The van der Waals surface area contributed by atoms with Gasteiger partial charge in [0.05, 0.1) is 5.69 Å². The van der Waals surface area contributed by atoms with Gasteiger partial charge in [-0.3, -0.25) is 0 Å². The van der Waals surface area contributed by atoms with E-state index in [1.807, 2.05) is 0 Å². The highest BCUT2D eigenvalue weighted by Gasteiger charge is 2.24. The van der Waals surface area contributed by atoms with Gasteiger partial charge in [0.1, 0.15) is 5.82 Å². The number of hydrogen-bond acceptors (Lipinski definition) is 2. The van der Waals surface area contributed by atoms with Gasteiger partial charge >= 0.3 is 0 Å². The Morgan fingerprint density at radius 3 is 3.00 bits per heavy atom. The summed E-state index contributed by atoms with van der Waals surface area (Å²) < 4.78 is 2.51. The minimum Gasteiger partial charge on any atom is -0.328 e. The van der Waals surface area contributed by atoms with Gasteiger partial charge in [0.15, 0.2) is 0 Å². The molecule has 0 radical (unpaired) electrons. The van der Waals surface area contributed by atoms with Crippen LogP contribution in [0.25, 0.3) is 0 Å². The lowest BCUT2D eigenvalue weighted by Gasteiger charge is -2.19. The van der Waals surface area contributed by atoms with Crippen LogP contribution in [0.3, 0.4) is 0 Å². The molecule has 1 aromatic rings. The molecule has 1 atom stereocenters. The Bertz CT molecular complexity index is 361. The highest BCUT2D eigenvalue weighted by molar-refractivity contribution is 5.21. The van der Waals surface area contributed by atoms with Crippen molar-refractivity contribution in [3.8, 4) is 0 Å². The summed E-state index contributed by atoms with van der Waals surface area (Å²) in [5, 5.41) is 3.45. The van der Waals surface area contributed by atoms with Gasteiger partial charge in [-0.2, -0.15) is 0 Å². The average molecular weight is 205 g/mol. The first-order chi connectivity index (χ1) is 7.36. The zero-order valence-corrected chi connectivity index (χ0v) is 9.42. The van der Waals surface area contributed by atoms with Crippen LogP contribution in [0.2, 0.25) is 0 Å². The van der Waals surface area contributed by atoms with E-state index in [9.17, 15) is 0 Å². The van der Waals surface area contributed by atoms with Gasteiger partial charge < -0.3 is 9.88 Å². The van der Waals surface area contributed by atoms with E-state index >= 15 is 0 Å². The molecule has 1 saturated heterocycles. The molecule has 1 fully saturated rings. The third kappa shape index (κ3) is 1.49. The summed E-state index contributed by atoms with van der Waals surface area (Å²) in [6.07, 6.45) is 6.38. The van der Waals surface area contributed by atoms with Gasteiger partial charge in [-0.15, -0.1) is 0 Å². The van der Waals surface area contributed by atoms with E-state index in [1.54, 1.807) is 0 Å². The van der Waals surface area contributed by atoms with Crippen LogP contribution in [-0.4, -0.2) is 22.6 Å². The molecule has 1 aliphatic carbocycles. The van der Waals surface area contributed by atoms with Crippen molar-refractivity contribution in [3.63, 3.8) is 0 Å². The largest absolute Gasteiger partial charge is 0.328 e. The van der Waals surface area contributed by atoms with Gasteiger partial charge in [-0.1, -0.05) is 0 Å². The van der Waals surface area contributed by atoms with Crippen LogP contribution in [-0.2, 0) is 12.8 Å². The molecule has 3 heteroatoms. The van der Waals surface area contributed by atoms with Crippen LogP contribution < -0.4 is 5.32 Å². The van der Waals surface area contributed by atoms with Crippen molar-refractivity contribution in [1.29, 1.82) is 0 Å². The molecule has 0 aromatic carbocycles. The van der Waals surface area contributed by atoms with Crippen molar-refractivity contribution in [2.45, 2.75) is 45.1 Å². The summed E-state index contributed by atoms with van der Waals surface area (Å²) >= 11 is 0. The minimum atomic E-state index is 0.666. The van der Waals surface area contributed by atoms with Crippen LogP contribution >= 0.6 is 0 Å². The molecular formula is C12H19N3. The van der Waals surface area contributed by atoms with Crippen molar-refractivity contribution in [2.24, 2.45) is 0 Å². The number of imidazole rings is 1. The van der Waals surface area contributed by atoms with E-state index in [0.29, 0.717) is 6.04 Å². The lowest BCUT2D eigenvalue weighted by atomic mass is 10.0. The lowest BCUT2D eigenvalue weighted by Crippen LogP contribution is -2.18. The average Bonchev–Trinajstić information content (AvgIpc) is 2.82. The Kier molecular flexibility index (Phi) is 2.28. The number of aryl methyl sites for hydroxylation is 2. The number of aromatic nitrogens is 2. The van der Waals surface area contributed by atoms with Gasteiger partial charge in [-0.05, 0) is 45.6 Å². The van der Waals surface area contributed by atoms with Crippen molar-refractivity contribution in [2.75, 3.05) is 13.1 Å². The molecule has 0 saturated carbocycles. The van der Waals surface area contributed by atoms with E-state index in [0.717, 1.165) is 13.1 Å². The highest BCUT2D eigenvalue weighted by atomic mass is 15.2. The van der Waals surface area contributed by atoms with Crippen LogP contribution in [0.4, 0.5) is 0 Å². The fourth-order valence-electron chi connectivity index (χ4n) is 3.04. The number of rotatable bonds is 1. The van der Waals surface area contributed by atoms with E-state index in [-0.39, 0.29) is 0 Å². The maximum absolute atomic E-state index is 4.73. The third-order valence-electron chi connectivity index (χ3n) is 3.75. The quantitative estimate of drug-likeness (QED) is 0.755. The molecular weight excluding hydrogens is 186 g/mol. The van der Waals surface area contributed by atoms with Gasteiger partial charge in [0.25, 0.3) is 0 Å². The molecule has 2 aliphatic rings. The molecule has 3 nitrogen and oxygen atoms in total. The van der Waals surface area contributed by atoms with E-state index in [4.69, 9.17) is 4.98 Å². The summed E-state index contributed by atoms with van der Waals surface area (Å²) in [6.45, 7) is 4.46. The molecule has 2 heterocycles. The first-order valence-electron chi connectivity index (χ1n) is 6.13. The molecule has 3 rings (SSSR count). The predicted octanol–water partition coefficient (Wildman–Crippen LogP) is 1.60. The summed E-state index contributed by atoms with van der Waals surface area (Å²) in [7, 11) is 0. The molecule has 1 aromatic heterocycles. The molecule has 15 heavy (non-hydrogen) atoms. The Morgan fingerprint density at radius 1 is 1.33 bits per heavy atom. The maximum atomic E-state index is 4.73. The SMILES string of the molecule is Cc1nc2c(n1C1CCNC1)CCCC2. The summed E-state index contributed by atoms with van der Waals surface area (Å²) in [4.78, 5) is 4.73. The van der Waals surface area contributed by atoms with Crippen molar-refractivity contribution < 1.29 is 0 Å². The fourth-order valence-corrected chi connectivity index (χ4v) is 3.04. The number of nitrogens with zero attached hydrogens (tertiary/aromatic N) is 2. The first kappa shape index (κ1) is 9.40. The first-order valence-corrected chi connectivity index (χ1v) is 6.13. The second-order valence-electron chi connectivity index (χ2n) is 4.78. The minimum absolute atomic E-state index is 0.666. The number of nitrogens with one attached hydrogen (secondary N) is 1. The smallest absolute Gasteiger partial charge is 0.106 e. The summed E-state index contributed by atoms with van der Waals surface area (Å²) in [5.41, 5.74) is 2.91. The fraction of sp³-hybridized carbons (Fsp3) is 0.750. The summed E-state index contributed by atoms with van der Waals surface area (Å²) in [5.74, 6) is 1.23.